The van der Waals surface area contributed by atoms with Crippen LogP contribution in [0.2, 0.25) is 0 Å². The maximum atomic E-state index is 4.57. The first-order valence-corrected chi connectivity index (χ1v) is 8.20. The summed E-state index contributed by atoms with van der Waals surface area (Å²) in [7, 11) is 0. The molecule has 3 atom stereocenters. The number of aryl methyl sites for hydroxylation is 1. The molecule has 0 spiro atoms. The van der Waals surface area contributed by atoms with Crippen molar-refractivity contribution in [3.8, 4) is 0 Å². The van der Waals surface area contributed by atoms with Gasteiger partial charge in [-0.05, 0) is 33.1 Å². The number of nitrogens with zero attached hydrogens (tertiary/aromatic N) is 2. The van der Waals surface area contributed by atoms with Crippen LogP contribution < -0.4 is 5.32 Å². The van der Waals surface area contributed by atoms with Gasteiger partial charge in [0.25, 0.3) is 0 Å². The average Bonchev–Trinajstić information content (AvgIpc) is 2.77. The van der Waals surface area contributed by atoms with Gasteiger partial charge in [-0.2, -0.15) is 0 Å². The van der Waals surface area contributed by atoms with Crippen LogP contribution in [-0.2, 0) is 0 Å². The molecule has 0 aliphatic carbocycles. The van der Waals surface area contributed by atoms with Gasteiger partial charge in [-0.3, -0.25) is 4.90 Å². The number of hydrogen-bond acceptors (Lipinski definition) is 4. The Bertz CT molecular complexity index is 402. The van der Waals surface area contributed by atoms with Gasteiger partial charge in [0, 0.05) is 36.2 Å². The molecular weight excluding hydrogens is 254 g/mol. The van der Waals surface area contributed by atoms with Gasteiger partial charge in [0.05, 0.1) is 6.04 Å². The Morgan fingerprint density at radius 2 is 2.21 bits per heavy atom. The Kier molecular flexibility index (Phi) is 4.98. The summed E-state index contributed by atoms with van der Waals surface area (Å²) in [6.07, 6.45) is 3.25. The molecule has 0 bridgehead atoms. The van der Waals surface area contributed by atoms with Crippen LogP contribution in [0.15, 0.2) is 6.20 Å². The van der Waals surface area contributed by atoms with E-state index in [4.69, 9.17) is 0 Å². The van der Waals surface area contributed by atoms with E-state index in [1.54, 1.807) is 0 Å². The van der Waals surface area contributed by atoms with Crippen molar-refractivity contribution in [3.05, 3.63) is 16.1 Å². The van der Waals surface area contributed by atoms with Gasteiger partial charge in [0.1, 0.15) is 5.01 Å². The molecule has 0 radical (unpaired) electrons. The first kappa shape index (κ1) is 14.9. The Morgan fingerprint density at radius 1 is 1.47 bits per heavy atom. The maximum absolute atomic E-state index is 4.57. The average molecular weight is 281 g/mol. The Hall–Kier alpha value is -0.450. The second kappa shape index (κ2) is 6.33. The molecule has 0 aromatic carbocycles. The summed E-state index contributed by atoms with van der Waals surface area (Å²) >= 11 is 1.83. The second-order valence-electron chi connectivity index (χ2n) is 6.27. The van der Waals surface area contributed by atoms with Crippen molar-refractivity contribution in [1.82, 2.24) is 15.2 Å². The van der Waals surface area contributed by atoms with Crippen molar-refractivity contribution in [3.63, 3.8) is 0 Å². The zero-order chi connectivity index (χ0) is 14.0. The SMILES string of the molecule is Cc1cnc(C(C)N2CC(CC(C)C)NCC2C)s1. The lowest BCUT2D eigenvalue weighted by Gasteiger charge is -2.42. The molecule has 3 nitrogen and oxygen atoms in total. The second-order valence-corrected chi connectivity index (χ2v) is 7.53. The van der Waals surface area contributed by atoms with E-state index in [9.17, 15) is 0 Å². The van der Waals surface area contributed by atoms with Crippen molar-refractivity contribution in [2.45, 2.75) is 59.2 Å². The number of nitrogens with one attached hydrogen (secondary N) is 1. The van der Waals surface area contributed by atoms with Crippen molar-refractivity contribution in [2.75, 3.05) is 13.1 Å². The van der Waals surface area contributed by atoms with Crippen LogP contribution >= 0.6 is 11.3 Å². The van der Waals surface area contributed by atoms with Crippen molar-refractivity contribution < 1.29 is 0 Å². The van der Waals surface area contributed by atoms with Crippen LogP contribution in [0.1, 0.15) is 50.0 Å². The van der Waals surface area contributed by atoms with Gasteiger partial charge in [0.15, 0.2) is 0 Å². The highest BCUT2D eigenvalue weighted by Crippen LogP contribution is 2.28. The van der Waals surface area contributed by atoms with Crippen LogP contribution in [0.4, 0.5) is 0 Å². The third-order valence-electron chi connectivity index (χ3n) is 3.95. The molecule has 1 aliphatic rings. The number of piperazine rings is 1. The van der Waals surface area contributed by atoms with Gasteiger partial charge in [-0.1, -0.05) is 13.8 Å². The molecule has 1 saturated heterocycles. The first-order valence-electron chi connectivity index (χ1n) is 7.38. The molecule has 0 saturated carbocycles. The summed E-state index contributed by atoms with van der Waals surface area (Å²) in [4.78, 5) is 8.49. The molecule has 1 aromatic heterocycles. The van der Waals surface area contributed by atoms with Crippen LogP contribution in [0.25, 0.3) is 0 Å². The minimum Gasteiger partial charge on any atom is -0.311 e. The molecule has 2 heterocycles. The van der Waals surface area contributed by atoms with Crippen LogP contribution in [0, 0.1) is 12.8 Å². The number of hydrogen-bond donors (Lipinski definition) is 1. The van der Waals surface area contributed by atoms with Gasteiger partial charge in [-0.25, -0.2) is 4.98 Å². The third-order valence-corrected chi connectivity index (χ3v) is 5.03. The molecule has 0 amide bonds. The smallest absolute Gasteiger partial charge is 0.110 e. The van der Waals surface area contributed by atoms with E-state index in [1.807, 2.05) is 17.5 Å². The summed E-state index contributed by atoms with van der Waals surface area (Å²) in [5.41, 5.74) is 0. The van der Waals surface area contributed by atoms with Crippen molar-refractivity contribution in [2.24, 2.45) is 5.92 Å². The standard InChI is InChI=1S/C15H27N3S/c1-10(2)6-14-9-18(11(3)7-16-14)13(5)15-17-8-12(4)19-15/h8,10-11,13-14,16H,6-7,9H2,1-5H3. The summed E-state index contributed by atoms with van der Waals surface area (Å²) in [5.74, 6) is 0.755. The first-order chi connectivity index (χ1) is 8.97. The molecule has 1 aromatic rings. The van der Waals surface area contributed by atoms with E-state index in [1.165, 1.54) is 16.3 Å². The van der Waals surface area contributed by atoms with E-state index in [0.717, 1.165) is 19.0 Å². The minimum absolute atomic E-state index is 0.436. The van der Waals surface area contributed by atoms with Crippen molar-refractivity contribution >= 4 is 11.3 Å². The third kappa shape index (κ3) is 3.77. The molecular formula is C15H27N3S. The summed E-state index contributed by atoms with van der Waals surface area (Å²) < 4.78 is 0. The molecule has 4 heteroatoms. The lowest BCUT2D eigenvalue weighted by atomic mass is 9.99. The van der Waals surface area contributed by atoms with E-state index < -0.39 is 0 Å². The Morgan fingerprint density at radius 3 is 2.79 bits per heavy atom. The van der Waals surface area contributed by atoms with Gasteiger partial charge >= 0.3 is 0 Å². The van der Waals surface area contributed by atoms with Gasteiger partial charge in [0.2, 0.25) is 0 Å². The van der Waals surface area contributed by atoms with Gasteiger partial charge < -0.3 is 5.32 Å². The highest BCUT2D eigenvalue weighted by molar-refractivity contribution is 7.11. The fourth-order valence-electron chi connectivity index (χ4n) is 2.93. The summed E-state index contributed by atoms with van der Waals surface area (Å²) in [6, 6.07) is 1.65. The van der Waals surface area contributed by atoms with E-state index in [-0.39, 0.29) is 0 Å². The predicted octanol–water partition coefficient (Wildman–Crippen LogP) is 3.22. The zero-order valence-electron chi connectivity index (χ0n) is 12.8. The fourth-order valence-corrected chi connectivity index (χ4v) is 3.77. The lowest BCUT2D eigenvalue weighted by Crippen LogP contribution is -2.56. The minimum atomic E-state index is 0.436. The Labute approximate surface area is 121 Å². The molecule has 3 unspecified atom stereocenters. The predicted molar refractivity (Wildman–Crippen MR) is 82.7 cm³/mol. The maximum Gasteiger partial charge on any atom is 0.110 e. The quantitative estimate of drug-likeness (QED) is 0.918. The van der Waals surface area contributed by atoms with Crippen LogP contribution in [-0.4, -0.2) is 35.1 Å². The highest BCUT2D eigenvalue weighted by Gasteiger charge is 2.30. The molecule has 1 N–H and O–H groups in total. The number of aromatic nitrogens is 1. The zero-order valence-corrected chi connectivity index (χ0v) is 13.6. The Balaban J connectivity index is 2.04. The number of rotatable bonds is 4. The van der Waals surface area contributed by atoms with Gasteiger partial charge in [-0.15, -0.1) is 11.3 Å². The molecule has 1 fully saturated rings. The lowest BCUT2D eigenvalue weighted by molar-refractivity contribution is 0.0922. The topological polar surface area (TPSA) is 28.2 Å². The van der Waals surface area contributed by atoms with E-state index >= 15 is 0 Å². The summed E-state index contributed by atoms with van der Waals surface area (Å²) in [6.45, 7) is 13.6. The van der Waals surface area contributed by atoms with Crippen LogP contribution in [0.3, 0.4) is 0 Å². The van der Waals surface area contributed by atoms with Crippen LogP contribution in [0.5, 0.6) is 0 Å². The monoisotopic (exact) mass is 281 g/mol. The van der Waals surface area contributed by atoms with E-state index in [2.05, 4.69) is 49.8 Å². The summed E-state index contributed by atoms with van der Waals surface area (Å²) in [5, 5.41) is 4.94. The molecule has 108 valence electrons. The molecule has 2 rings (SSSR count). The molecule has 1 aliphatic heterocycles. The molecule has 19 heavy (non-hydrogen) atoms. The van der Waals surface area contributed by atoms with E-state index in [0.29, 0.717) is 18.1 Å². The van der Waals surface area contributed by atoms with Crippen molar-refractivity contribution in [1.29, 1.82) is 0 Å². The number of thiazole rings is 1. The fraction of sp³-hybridized carbons (Fsp3) is 0.800. The largest absolute Gasteiger partial charge is 0.311 e. The highest BCUT2D eigenvalue weighted by atomic mass is 32.1. The normalized spacial score (nSPS) is 26.8.